The Morgan fingerprint density at radius 2 is 2.21 bits per heavy atom. The normalized spacial score (nSPS) is 18.3. The van der Waals surface area contributed by atoms with E-state index in [9.17, 15) is 19.5 Å². The number of carbonyl (C=O) groups is 3. The summed E-state index contributed by atoms with van der Waals surface area (Å²) in [4.78, 5) is 49.0. The van der Waals surface area contributed by atoms with Gasteiger partial charge in [0.15, 0.2) is 15.9 Å². The molecule has 1 saturated heterocycles. The standard InChI is InChI=1S/C25H26N8O5S3.ClH/c1-2-9-38-30-18(15-13-41-25(27)28-15)21(34)29-19-22(35)33-20(24(36)37)14(12-40-23(19)33)11-31-7-8-32-16(31)4-3-5-17(32)39-10-6-26;/h2-5,7-8,13,19,23H,1,6,9-12,26H2,(H3-,27,28,29,34,36,37);1H/b30-18-;/t19-,23+;/m1./s1. The molecule has 0 aliphatic carbocycles. The lowest BCUT2D eigenvalue weighted by Crippen LogP contribution is -2.71. The van der Waals surface area contributed by atoms with Crippen molar-refractivity contribution in [2.45, 2.75) is 23.0 Å². The Kier molecular flexibility index (Phi) is 10.2. The molecule has 5 heterocycles. The Labute approximate surface area is 259 Å². The molecule has 0 saturated carbocycles. The molecule has 2 aliphatic rings. The summed E-state index contributed by atoms with van der Waals surface area (Å²) in [7, 11) is 0. The van der Waals surface area contributed by atoms with Crippen LogP contribution < -0.4 is 26.3 Å². The van der Waals surface area contributed by atoms with Crippen molar-refractivity contribution in [3.63, 3.8) is 0 Å². The van der Waals surface area contributed by atoms with E-state index < -0.39 is 29.2 Å². The third-order valence-corrected chi connectivity index (χ3v) is 9.32. The quantitative estimate of drug-likeness (QED) is 0.0449. The number of thiazole rings is 1. The number of anilines is 1. The van der Waals surface area contributed by atoms with Crippen molar-refractivity contribution in [3.8, 4) is 0 Å². The van der Waals surface area contributed by atoms with E-state index in [2.05, 4.69) is 22.0 Å². The van der Waals surface area contributed by atoms with Crippen LogP contribution in [0.25, 0.3) is 5.65 Å². The summed E-state index contributed by atoms with van der Waals surface area (Å²) in [6.45, 7) is 4.38. The first-order chi connectivity index (χ1) is 19.8. The minimum atomic E-state index is -1.45. The summed E-state index contributed by atoms with van der Waals surface area (Å²) in [6.07, 6.45) is 5.22. The fourth-order valence-corrected chi connectivity index (χ4v) is 7.15. The number of nitrogens with two attached hydrogens (primary N) is 2. The molecular weight excluding hydrogens is 624 g/mol. The van der Waals surface area contributed by atoms with Crippen LogP contribution in [0.15, 0.2) is 70.1 Å². The van der Waals surface area contributed by atoms with Gasteiger partial charge >= 0.3 is 0 Å². The number of aromatic nitrogens is 3. The summed E-state index contributed by atoms with van der Waals surface area (Å²) in [5.41, 5.74) is 12.6. The monoisotopic (exact) mass is 650 g/mol. The summed E-state index contributed by atoms with van der Waals surface area (Å²) in [5, 5.41) is 20.9. The SMILES string of the molecule is C=CCO/N=C(\C(=O)N[C@@H]1C(=O)N2C(C(=O)[O-])=C(Cn3cc[n+]4c(SCCN)cccc34)CS[C@@H]12)c1csc(N)n1.Cl. The number of hydrogen-bond donors (Lipinski definition) is 3. The molecule has 3 aromatic rings. The van der Waals surface area contributed by atoms with Gasteiger partial charge in [-0.05, 0) is 12.1 Å². The Morgan fingerprint density at radius 3 is 2.90 bits per heavy atom. The molecule has 2 aliphatic heterocycles. The Hall–Kier alpha value is -3.57. The predicted molar refractivity (Wildman–Crippen MR) is 161 cm³/mol. The number of aliphatic carboxylic acids is 1. The van der Waals surface area contributed by atoms with Crippen molar-refractivity contribution in [1.29, 1.82) is 0 Å². The minimum absolute atomic E-state index is 0. The molecule has 0 aromatic carbocycles. The zero-order chi connectivity index (χ0) is 29.1. The van der Waals surface area contributed by atoms with E-state index in [4.69, 9.17) is 16.3 Å². The lowest BCUT2D eigenvalue weighted by molar-refractivity contribution is -0.554. The van der Waals surface area contributed by atoms with E-state index in [0.29, 0.717) is 17.9 Å². The molecule has 5 rings (SSSR count). The number of carboxylic acid groups (broad SMARTS) is 1. The van der Waals surface area contributed by atoms with Gasteiger partial charge in [0, 0.05) is 35.1 Å². The van der Waals surface area contributed by atoms with Crippen molar-refractivity contribution in [2.24, 2.45) is 10.9 Å². The molecule has 0 unspecified atom stereocenters. The average Bonchev–Trinajstić information content (AvgIpc) is 3.58. The highest BCUT2D eigenvalue weighted by molar-refractivity contribution is 8.00. The van der Waals surface area contributed by atoms with Crippen LogP contribution in [0, 0.1) is 0 Å². The summed E-state index contributed by atoms with van der Waals surface area (Å²) in [6, 6.07) is 4.87. The second-order valence-electron chi connectivity index (χ2n) is 8.85. The Balaban J connectivity index is 0.00000405. The number of imidazole rings is 1. The lowest BCUT2D eigenvalue weighted by Gasteiger charge is -2.50. The number of carboxylic acids is 1. The number of β-lactam (4-membered cyclic amide) rings is 1. The van der Waals surface area contributed by atoms with Crippen LogP contribution in [-0.2, 0) is 25.8 Å². The maximum absolute atomic E-state index is 13.2. The number of hydrogen-bond acceptors (Lipinski definition) is 12. The number of nitrogens with one attached hydrogen (secondary N) is 1. The lowest BCUT2D eigenvalue weighted by atomic mass is 10.0. The highest BCUT2D eigenvalue weighted by Crippen LogP contribution is 2.40. The van der Waals surface area contributed by atoms with Gasteiger partial charge in [0.2, 0.25) is 0 Å². The smallest absolute Gasteiger partial charge is 0.287 e. The molecule has 0 spiro atoms. The molecule has 0 radical (unpaired) electrons. The zero-order valence-electron chi connectivity index (χ0n) is 22.0. The first-order valence-corrected chi connectivity index (χ1v) is 15.3. The highest BCUT2D eigenvalue weighted by atomic mass is 35.5. The average molecular weight is 651 g/mol. The van der Waals surface area contributed by atoms with Gasteiger partial charge in [-0.25, -0.2) is 9.55 Å². The maximum atomic E-state index is 13.2. The number of fused-ring (bicyclic) bond motifs is 2. The number of carbonyl (C=O) groups excluding carboxylic acids is 3. The van der Waals surface area contributed by atoms with E-state index >= 15 is 0 Å². The minimum Gasteiger partial charge on any atom is -0.543 e. The molecular formula is C25H27ClN8O5S3. The van der Waals surface area contributed by atoms with Gasteiger partial charge in [-0.2, -0.15) is 4.40 Å². The molecule has 17 heteroatoms. The van der Waals surface area contributed by atoms with Crippen LogP contribution in [0.3, 0.4) is 0 Å². The molecule has 222 valence electrons. The van der Waals surface area contributed by atoms with E-state index in [1.165, 1.54) is 22.7 Å². The predicted octanol–water partition coefficient (Wildman–Crippen LogP) is -0.251. The van der Waals surface area contributed by atoms with Crippen LogP contribution in [0.1, 0.15) is 5.69 Å². The number of oxime groups is 1. The summed E-state index contributed by atoms with van der Waals surface area (Å²) < 4.78 is 3.92. The van der Waals surface area contributed by atoms with Crippen molar-refractivity contribution in [1.82, 2.24) is 19.8 Å². The number of nitrogen functional groups attached to an aromatic ring is 1. The molecule has 1 fully saturated rings. The highest BCUT2D eigenvalue weighted by Gasteiger charge is 2.53. The Bertz CT molecular complexity index is 1590. The van der Waals surface area contributed by atoms with Gasteiger partial charge in [-0.15, -0.1) is 35.5 Å². The molecule has 13 nitrogen and oxygen atoms in total. The number of nitrogens with zero attached hydrogens (tertiary/aromatic N) is 5. The van der Waals surface area contributed by atoms with Crippen LogP contribution in [0.4, 0.5) is 5.13 Å². The van der Waals surface area contributed by atoms with Gasteiger partial charge in [0.1, 0.15) is 42.7 Å². The second-order valence-corrected chi connectivity index (χ2v) is 12.0. The van der Waals surface area contributed by atoms with Crippen molar-refractivity contribution < 1.29 is 28.7 Å². The zero-order valence-corrected chi connectivity index (χ0v) is 25.3. The largest absolute Gasteiger partial charge is 0.543 e. The van der Waals surface area contributed by atoms with Gasteiger partial charge < -0.3 is 31.5 Å². The van der Waals surface area contributed by atoms with Crippen molar-refractivity contribution >= 4 is 81.5 Å². The Morgan fingerprint density at radius 1 is 1.40 bits per heavy atom. The van der Waals surface area contributed by atoms with Gasteiger partial charge in [-0.1, -0.05) is 29.6 Å². The van der Waals surface area contributed by atoms with Gasteiger partial charge in [0.05, 0.1) is 11.7 Å². The third kappa shape index (κ3) is 6.12. The number of halogens is 1. The van der Waals surface area contributed by atoms with E-state index in [0.717, 1.165) is 27.8 Å². The second kappa shape index (κ2) is 13.6. The molecule has 5 N–H and O–H groups in total. The number of amides is 2. The van der Waals surface area contributed by atoms with Crippen LogP contribution in [0.5, 0.6) is 0 Å². The summed E-state index contributed by atoms with van der Waals surface area (Å²) >= 11 is 4.10. The molecule has 3 aromatic heterocycles. The molecule has 2 atom stereocenters. The van der Waals surface area contributed by atoms with E-state index in [1.54, 1.807) is 17.1 Å². The number of pyridine rings is 1. The number of thioether (sulfide) groups is 2. The first-order valence-electron chi connectivity index (χ1n) is 12.4. The van der Waals surface area contributed by atoms with Crippen LogP contribution >= 0.6 is 47.3 Å². The topological polar surface area (TPSA) is 185 Å². The fraction of sp³-hybridized carbons (Fsp3) is 0.280. The third-order valence-electron chi connectivity index (χ3n) is 6.24. The maximum Gasteiger partial charge on any atom is 0.287 e. The van der Waals surface area contributed by atoms with E-state index in [-0.39, 0.29) is 47.8 Å². The van der Waals surface area contributed by atoms with Crippen molar-refractivity contribution in [2.75, 3.05) is 30.4 Å². The molecule has 0 bridgehead atoms. The van der Waals surface area contributed by atoms with Gasteiger partial charge in [-0.3, -0.25) is 14.5 Å². The van der Waals surface area contributed by atoms with Crippen LogP contribution in [0.2, 0.25) is 0 Å². The molecule has 2 amide bonds. The fourth-order valence-electron chi connectivity index (χ4n) is 4.48. The molecule has 42 heavy (non-hydrogen) atoms. The number of rotatable bonds is 12. The van der Waals surface area contributed by atoms with Crippen LogP contribution in [-0.4, -0.2) is 74.0 Å². The van der Waals surface area contributed by atoms with E-state index in [1.807, 2.05) is 39.6 Å². The van der Waals surface area contributed by atoms with Crippen molar-refractivity contribution in [3.05, 3.63) is 65.6 Å². The summed E-state index contributed by atoms with van der Waals surface area (Å²) in [5.74, 6) is -1.64. The van der Waals surface area contributed by atoms with Gasteiger partial charge in [0.25, 0.3) is 17.5 Å². The first kappa shape index (κ1) is 31.4.